The number of oxazole rings is 1. The standard InChI is InChI=1S/C24H26FN3O2/c1-17-22(27-24(30-17)20-9-5-6-10-21(20)25)16-28-13-11-19(12-14-28)23(29)26-15-18-7-3-2-4-8-18/h2-10,19H,11-16H2,1H3,(H,26,29). The minimum atomic E-state index is -0.340. The van der Waals surface area contributed by atoms with Gasteiger partial charge in [-0.1, -0.05) is 42.5 Å². The second-order valence-electron chi connectivity index (χ2n) is 7.76. The number of benzene rings is 2. The Bertz CT molecular complexity index is 995. The molecule has 0 bridgehead atoms. The SMILES string of the molecule is Cc1oc(-c2ccccc2F)nc1CN1CCC(C(=O)NCc2ccccc2)CC1. The Morgan fingerprint density at radius 3 is 2.57 bits per heavy atom. The van der Waals surface area contributed by atoms with Gasteiger partial charge in [0.15, 0.2) is 0 Å². The summed E-state index contributed by atoms with van der Waals surface area (Å²) in [5, 5.41) is 3.05. The third-order valence-electron chi connectivity index (χ3n) is 5.64. The monoisotopic (exact) mass is 407 g/mol. The molecule has 1 saturated heterocycles. The molecule has 3 aromatic rings. The largest absolute Gasteiger partial charge is 0.441 e. The Morgan fingerprint density at radius 2 is 1.83 bits per heavy atom. The van der Waals surface area contributed by atoms with Gasteiger partial charge in [-0.05, 0) is 50.6 Å². The van der Waals surface area contributed by atoms with E-state index in [0.29, 0.717) is 30.3 Å². The Labute approximate surface area is 175 Å². The number of aromatic nitrogens is 1. The van der Waals surface area contributed by atoms with Crippen molar-refractivity contribution < 1.29 is 13.6 Å². The van der Waals surface area contributed by atoms with Crippen LogP contribution < -0.4 is 5.32 Å². The lowest BCUT2D eigenvalue weighted by Crippen LogP contribution is -2.40. The second kappa shape index (κ2) is 9.22. The molecule has 5 nitrogen and oxygen atoms in total. The van der Waals surface area contributed by atoms with Crippen molar-refractivity contribution in [2.75, 3.05) is 13.1 Å². The zero-order valence-electron chi connectivity index (χ0n) is 17.1. The molecule has 0 atom stereocenters. The van der Waals surface area contributed by atoms with Crippen LogP contribution in [0, 0.1) is 18.7 Å². The lowest BCUT2D eigenvalue weighted by molar-refractivity contribution is -0.126. The van der Waals surface area contributed by atoms with Crippen LogP contribution in [0.15, 0.2) is 59.0 Å². The number of nitrogens with zero attached hydrogens (tertiary/aromatic N) is 2. The van der Waals surface area contributed by atoms with E-state index in [0.717, 1.165) is 37.2 Å². The van der Waals surface area contributed by atoms with E-state index in [2.05, 4.69) is 15.2 Å². The summed E-state index contributed by atoms with van der Waals surface area (Å²) in [4.78, 5) is 19.3. The highest BCUT2D eigenvalue weighted by atomic mass is 19.1. The Balaban J connectivity index is 1.30. The lowest BCUT2D eigenvalue weighted by Gasteiger charge is -2.30. The number of hydrogen-bond acceptors (Lipinski definition) is 4. The van der Waals surface area contributed by atoms with E-state index in [4.69, 9.17) is 4.42 Å². The molecule has 2 heterocycles. The minimum absolute atomic E-state index is 0.0392. The van der Waals surface area contributed by atoms with Gasteiger partial charge in [-0.3, -0.25) is 9.69 Å². The van der Waals surface area contributed by atoms with E-state index in [9.17, 15) is 9.18 Å². The Kier molecular flexibility index (Phi) is 6.23. The molecule has 0 saturated carbocycles. The Hall–Kier alpha value is -2.99. The topological polar surface area (TPSA) is 58.4 Å². The molecule has 1 aromatic heterocycles. The van der Waals surface area contributed by atoms with Crippen LogP contribution in [0.2, 0.25) is 0 Å². The summed E-state index contributed by atoms with van der Waals surface area (Å²) in [5.41, 5.74) is 2.30. The molecule has 4 rings (SSSR count). The number of amides is 1. The molecule has 1 amide bonds. The van der Waals surface area contributed by atoms with Crippen LogP contribution in [0.5, 0.6) is 0 Å². The van der Waals surface area contributed by atoms with E-state index in [1.54, 1.807) is 18.2 Å². The number of likely N-dealkylation sites (tertiary alicyclic amines) is 1. The third kappa shape index (κ3) is 4.76. The van der Waals surface area contributed by atoms with E-state index in [-0.39, 0.29) is 17.6 Å². The zero-order chi connectivity index (χ0) is 20.9. The molecule has 156 valence electrons. The fourth-order valence-electron chi connectivity index (χ4n) is 3.82. The van der Waals surface area contributed by atoms with Crippen LogP contribution >= 0.6 is 0 Å². The van der Waals surface area contributed by atoms with Crippen LogP contribution in [0.4, 0.5) is 4.39 Å². The maximum absolute atomic E-state index is 14.0. The first-order valence-corrected chi connectivity index (χ1v) is 10.4. The lowest BCUT2D eigenvalue weighted by atomic mass is 9.95. The van der Waals surface area contributed by atoms with Crippen LogP contribution in [0.3, 0.4) is 0 Å². The molecule has 1 aliphatic rings. The Morgan fingerprint density at radius 1 is 1.13 bits per heavy atom. The van der Waals surface area contributed by atoms with Gasteiger partial charge in [-0.15, -0.1) is 0 Å². The highest BCUT2D eigenvalue weighted by Gasteiger charge is 2.26. The number of nitrogens with one attached hydrogen (secondary N) is 1. The van der Waals surface area contributed by atoms with Gasteiger partial charge in [0, 0.05) is 19.0 Å². The molecule has 6 heteroatoms. The van der Waals surface area contributed by atoms with E-state index >= 15 is 0 Å². The summed E-state index contributed by atoms with van der Waals surface area (Å²) >= 11 is 0. The maximum atomic E-state index is 14.0. The summed E-state index contributed by atoms with van der Waals surface area (Å²) in [6.45, 7) is 4.71. The molecular formula is C24H26FN3O2. The minimum Gasteiger partial charge on any atom is -0.441 e. The van der Waals surface area contributed by atoms with Gasteiger partial charge in [-0.25, -0.2) is 9.37 Å². The highest BCUT2D eigenvalue weighted by molar-refractivity contribution is 5.78. The van der Waals surface area contributed by atoms with Crippen molar-refractivity contribution in [3.63, 3.8) is 0 Å². The molecule has 1 N–H and O–H groups in total. The molecule has 0 aliphatic carbocycles. The second-order valence-corrected chi connectivity index (χ2v) is 7.76. The number of hydrogen-bond donors (Lipinski definition) is 1. The summed E-state index contributed by atoms with van der Waals surface area (Å²) < 4.78 is 19.7. The van der Waals surface area contributed by atoms with Gasteiger partial charge in [0.25, 0.3) is 0 Å². The van der Waals surface area contributed by atoms with Crippen molar-refractivity contribution in [3.8, 4) is 11.5 Å². The number of halogens is 1. The molecule has 1 aliphatic heterocycles. The smallest absolute Gasteiger partial charge is 0.229 e. The number of carbonyl (C=O) groups is 1. The average Bonchev–Trinajstić information content (AvgIpc) is 3.13. The number of piperidine rings is 1. The first kappa shape index (κ1) is 20.3. The molecular weight excluding hydrogens is 381 g/mol. The number of carbonyl (C=O) groups excluding carboxylic acids is 1. The van der Waals surface area contributed by atoms with Gasteiger partial charge >= 0.3 is 0 Å². The molecule has 0 unspecified atom stereocenters. The van der Waals surface area contributed by atoms with Crippen molar-refractivity contribution >= 4 is 5.91 Å². The highest BCUT2D eigenvalue weighted by Crippen LogP contribution is 2.26. The van der Waals surface area contributed by atoms with Crippen molar-refractivity contribution in [2.45, 2.75) is 32.9 Å². The summed E-state index contributed by atoms with van der Waals surface area (Å²) in [5.74, 6) is 0.842. The number of aryl methyl sites for hydroxylation is 1. The summed E-state index contributed by atoms with van der Waals surface area (Å²) in [7, 11) is 0. The maximum Gasteiger partial charge on any atom is 0.229 e. The predicted octanol–water partition coefficient (Wildman–Crippen LogP) is 4.32. The first-order chi connectivity index (χ1) is 14.6. The third-order valence-corrected chi connectivity index (χ3v) is 5.64. The summed E-state index contributed by atoms with van der Waals surface area (Å²) in [6.07, 6.45) is 1.63. The van der Waals surface area contributed by atoms with Gasteiger partial charge in [0.2, 0.25) is 11.8 Å². The van der Waals surface area contributed by atoms with E-state index in [1.165, 1.54) is 6.07 Å². The van der Waals surface area contributed by atoms with Crippen molar-refractivity contribution in [1.82, 2.24) is 15.2 Å². The number of rotatable bonds is 6. The van der Waals surface area contributed by atoms with Gasteiger partial charge in [0.05, 0.1) is 11.3 Å². The average molecular weight is 407 g/mol. The molecule has 0 radical (unpaired) electrons. The van der Waals surface area contributed by atoms with Crippen LogP contribution in [-0.2, 0) is 17.9 Å². The van der Waals surface area contributed by atoms with Crippen molar-refractivity contribution in [1.29, 1.82) is 0 Å². The van der Waals surface area contributed by atoms with E-state index in [1.807, 2.05) is 37.3 Å². The van der Waals surface area contributed by atoms with Gasteiger partial charge in [0.1, 0.15) is 11.6 Å². The van der Waals surface area contributed by atoms with Gasteiger partial charge in [-0.2, -0.15) is 0 Å². The van der Waals surface area contributed by atoms with Gasteiger partial charge < -0.3 is 9.73 Å². The normalized spacial score (nSPS) is 15.3. The first-order valence-electron chi connectivity index (χ1n) is 10.4. The quantitative estimate of drug-likeness (QED) is 0.661. The zero-order valence-corrected chi connectivity index (χ0v) is 17.1. The van der Waals surface area contributed by atoms with E-state index < -0.39 is 0 Å². The van der Waals surface area contributed by atoms with Crippen molar-refractivity contribution in [2.24, 2.45) is 5.92 Å². The molecule has 1 fully saturated rings. The molecule has 0 spiro atoms. The van der Waals surface area contributed by atoms with Crippen LogP contribution in [0.25, 0.3) is 11.5 Å². The summed E-state index contributed by atoms with van der Waals surface area (Å²) in [6, 6.07) is 16.4. The van der Waals surface area contributed by atoms with Crippen LogP contribution in [0.1, 0.15) is 29.9 Å². The molecule has 30 heavy (non-hydrogen) atoms. The fraction of sp³-hybridized carbons (Fsp3) is 0.333. The predicted molar refractivity (Wildman–Crippen MR) is 113 cm³/mol. The fourth-order valence-corrected chi connectivity index (χ4v) is 3.82. The molecule has 2 aromatic carbocycles. The van der Waals surface area contributed by atoms with Crippen molar-refractivity contribution in [3.05, 3.63) is 77.4 Å². The van der Waals surface area contributed by atoms with Crippen LogP contribution in [-0.4, -0.2) is 28.9 Å².